The van der Waals surface area contributed by atoms with Crippen LogP contribution in [0.2, 0.25) is 0 Å². The maximum Gasteiger partial charge on any atom is 0.243 e. The lowest BCUT2D eigenvalue weighted by Crippen LogP contribution is -2.35. The number of rotatable bonds is 6. The van der Waals surface area contributed by atoms with Crippen LogP contribution in [0.4, 0.5) is 0 Å². The molecule has 1 aromatic carbocycles. The fraction of sp³-hybridized carbons (Fsp3) is 0.462. The first-order valence-corrected chi connectivity index (χ1v) is 7.34. The number of nitrogens with zero attached hydrogens (tertiary/aromatic N) is 2. The van der Waals surface area contributed by atoms with Crippen molar-refractivity contribution in [2.45, 2.75) is 25.2 Å². The van der Waals surface area contributed by atoms with E-state index in [4.69, 9.17) is 5.26 Å². The smallest absolute Gasteiger partial charge is 0.207 e. The van der Waals surface area contributed by atoms with Gasteiger partial charge in [-0.15, -0.1) is 0 Å². The Hall–Kier alpha value is -1.38. The lowest BCUT2D eigenvalue weighted by Gasteiger charge is -2.22. The highest BCUT2D eigenvalue weighted by Crippen LogP contribution is 2.16. The van der Waals surface area contributed by atoms with Gasteiger partial charge in [0.1, 0.15) is 0 Å². The van der Waals surface area contributed by atoms with Crippen LogP contribution in [0.5, 0.6) is 0 Å². The molecule has 0 aromatic heterocycles. The molecule has 0 unspecified atom stereocenters. The summed E-state index contributed by atoms with van der Waals surface area (Å²) in [6.45, 7) is 4.59. The highest BCUT2D eigenvalue weighted by atomic mass is 32.2. The van der Waals surface area contributed by atoms with Gasteiger partial charge in [-0.25, -0.2) is 8.42 Å². The van der Waals surface area contributed by atoms with Crippen molar-refractivity contribution in [3.63, 3.8) is 0 Å². The van der Waals surface area contributed by atoms with Gasteiger partial charge in [0.15, 0.2) is 0 Å². The Balaban J connectivity index is 3.00. The summed E-state index contributed by atoms with van der Waals surface area (Å²) in [5.41, 5.74) is 0. The molecule has 0 atom stereocenters. The van der Waals surface area contributed by atoms with Crippen LogP contribution in [0.1, 0.15) is 20.3 Å². The first-order chi connectivity index (χ1) is 8.48. The summed E-state index contributed by atoms with van der Waals surface area (Å²) in [6, 6.07) is 10.3. The Kier molecular flexibility index (Phi) is 5.32. The van der Waals surface area contributed by atoms with E-state index in [9.17, 15) is 8.42 Å². The van der Waals surface area contributed by atoms with Gasteiger partial charge in [-0.3, -0.25) is 0 Å². The van der Waals surface area contributed by atoms with Gasteiger partial charge < -0.3 is 0 Å². The van der Waals surface area contributed by atoms with Crippen molar-refractivity contribution in [2.75, 3.05) is 13.1 Å². The molecule has 18 heavy (non-hydrogen) atoms. The minimum absolute atomic E-state index is 0.207. The Morgan fingerprint density at radius 3 is 2.39 bits per heavy atom. The molecule has 98 valence electrons. The molecule has 0 saturated carbocycles. The van der Waals surface area contributed by atoms with Crippen molar-refractivity contribution in [1.29, 1.82) is 5.26 Å². The molecule has 0 N–H and O–H groups in total. The van der Waals surface area contributed by atoms with Gasteiger partial charge in [0.25, 0.3) is 0 Å². The molecule has 0 heterocycles. The van der Waals surface area contributed by atoms with Gasteiger partial charge in [-0.1, -0.05) is 32.0 Å². The van der Waals surface area contributed by atoms with Crippen LogP contribution >= 0.6 is 0 Å². The van der Waals surface area contributed by atoms with Crippen LogP contribution in [0.15, 0.2) is 35.2 Å². The second-order valence-corrected chi connectivity index (χ2v) is 6.42. The normalized spacial score (nSPS) is 11.7. The second-order valence-electron chi connectivity index (χ2n) is 4.48. The Bertz CT molecular complexity index is 504. The molecule has 0 amide bonds. The van der Waals surface area contributed by atoms with Gasteiger partial charge in [0.2, 0.25) is 10.0 Å². The molecule has 0 spiro atoms. The molecule has 0 bridgehead atoms. The highest BCUT2D eigenvalue weighted by molar-refractivity contribution is 7.89. The number of hydrogen-bond acceptors (Lipinski definition) is 3. The summed E-state index contributed by atoms with van der Waals surface area (Å²) >= 11 is 0. The van der Waals surface area contributed by atoms with Crippen LogP contribution in [0, 0.1) is 17.2 Å². The Morgan fingerprint density at radius 1 is 1.28 bits per heavy atom. The predicted octanol–water partition coefficient (Wildman–Crippen LogP) is 2.25. The predicted molar refractivity (Wildman–Crippen MR) is 70.3 cm³/mol. The van der Waals surface area contributed by atoms with E-state index in [1.54, 1.807) is 30.3 Å². The average Bonchev–Trinajstić information content (AvgIpc) is 2.35. The number of nitriles is 1. The van der Waals surface area contributed by atoms with Gasteiger partial charge in [-0.2, -0.15) is 9.57 Å². The quantitative estimate of drug-likeness (QED) is 0.793. The zero-order chi connectivity index (χ0) is 13.6. The molecule has 0 radical (unpaired) electrons. The third-order valence-electron chi connectivity index (χ3n) is 2.42. The van der Waals surface area contributed by atoms with Crippen LogP contribution < -0.4 is 0 Å². The fourth-order valence-electron chi connectivity index (χ4n) is 1.63. The van der Waals surface area contributed by atoms with E-state index in [1.807, 2.05) is 19.9 Å². The maximum absolute atomic E-state index is 12.4. The average molecular weight is 266 g/mol. The molecule has 0 aliphatic heterocycles. The van der Waals surface area contributed by atoms with Gasteiger partial charge in [-0.05, 0) is 18.1 Å². The Labute approximate surface area is 109 Å². The zero-order valence-electron chi connectivity index (χ0n) is 10.7. The fourth-order valence-corrected chi connectivity index (χ4v) is 3.26. The van der Waals surface area contributed by atoms with Crippen LogP contribution in [-0.4, -0.2) is 25.8 Å². The maximum atomic E-state index is 12.4. The van der Waals surface area contributed by atoms with E-state index in [-0.39, 0.29) is 23.8 Å². The molecular formula is C13H18N2O2S. The van der Waals surface area contributed by atoms with E-state index in [0.717, 1.165) is 0 Å². The largest absolute Gasteiger partial charge is 0.243 e. The lowest BCUT2D eigenvalue weighted by atomic mass is 10.2. The molecular weight excluding hydrogens is 248 g/mol. The van der Waals surface area contributed by atoms with E-state index >= 15 is 0 Å². The SMILES string of the molecule is CC(C)CN(CCC#N)S(=O)(=O)c1ccccc1. The van der Waals surface area contributed by atoms with Gasteiger partial charge in [0, 0.05) is 19.5 Å². The molecule has 1 rings (SSSR count). The number of benzene rings is 1. The van der Waals surface area contributed by atoms with Crippen molar-refractivity contribution in [1.82, 2.24) is 4.31 Å². The lowest BCUT2D eigenvalue weighted by molar-refractivity contribution is 0.373. The summed E-state index contributed by atoms with van der Waals surface area (Å²) < 4.78 is 26.2. The van der Waals surface area contributed by atoms with Crippen molar-refractivity contribution >= 4 is 10.0 Å². The highest BCUT2D eigenvalue weighted by Gasteiger charge is 2.24. The number of sulfonamides is 1. The van der Waals surface area contributed by atoms with E-state index in [2.05, 4.69) is 0 Å². The van der Waals surface area contributed by atoms with Crippen molar-refractivity contribution in [3.05, 3.63) is 30.3 Å². The number of hydrogen-bond donors (Lipinski definition) is 0. The third kappa shape index (κ3) is 3.83. The zero-order valence-corrected chi connectivity index (χ0v) is 11.5. The minimum Gasteiger partial charge on any atom is -0.207 e. The molecule has 4 nitrogen and oxygen atoms in total. The summed E-state index contributed by atoms with van der Waals surface area (Å²) in [6.07, 6.45) is 0.207. The third-order valence-corrected chi connectivity index (χ3v) is 4.30. The summed E-state index contributed by atoms with van der Waals surface area (Å²) in [4.78, 5) is 0.281. The summed E-state index contributed by atoms with van der Waals surface area (Å²) in [5, 5.41) is 8.61. The topological polar surface area (TPSA) is 61.2 Å². The van der Waals surface area contributed by atoms with Gasteiger partial charge >= 0.3 is 0 Å². The van der Waals surface area contributed by atoms with Crippen LogP contribution in [-0.2, 0) is 10.0 Å². The molecule has 1 aromatic rings. The van der Waals surface area contributed by atoms with Crippen molar-refractivity contribution in [2.24, 2.45) is 5.92 Å². The van der Waals surface area contributed by atoms with Crippen LogP contribution in [0.3, 0.4) is 0 Å². The molecule has 0 saturated heterocycles. The van der Waals surface area contributed by atoms with Gasteiger partial charge in [0.05, 0.1) is 11.0 Å². The van der Waals surface area contributed by atoms with E-state index in [0.29, 0.717) is 6.54 Å². The minimum atomic E-state index is -3.49. The summed E-state index contributed by atoms with van der Waals surface area (Å²) in [7, 11) is -3.49. The van der Waals surface area contributed by atoms with E-state index < -0.39 is 10.0 Å². The molecule has 0 aliphatic rings. The Morgan fingerprint density at radius 2 is 1.89 bits per heavy atom. The molecule has 0 aliphatic carbocycles. The first-order valence-electron chi connectivity index (χ1n) is 5.90. The second kappa shape index (κ2) is 6.53. The van der Waals surface area contributed by atoms with E-state index in [1.165, 1.54) is 4.31 Å². The van der Waals surface area contributed by atoms with Crippen molar-refractivity contribution in [3.8, 4) is 6.07 Å². The van der Waals surface area contributed by atoms with Crippen molar-refractivity contribution < 1.29 is 8.42 Å². The molecule has 0 fully saturated rings. The van der Waals surface area contributed by atoms with Crippen LogP contribution in [0.25, 0.3) is 0 Å². The monoisotopic (exact) mass is 266 g/mol. The molecule has 5 heteroatoms. The standard InChI is InChI=1S/C13H18N2O2S/c1-12(2)11-15(10-6-9-14)18(16,17)13-7-4-3-5-8-13/h3-5,7-8,12H,6,10-11H2,1-2H3. The summed E-state index contributed by atoms with van der Waals surface area (Å²) in [5.74, 6) is 0.224. The first kappa shape index (κ1) is 14.7.